The summed E-state index contributed by atoms with van der Waals surface area (Å²) in [6, 6.07) is 3.59. The molecule has 2 N–H and O–H groups in total. The monoisotopic (exact) mass is 349 g/mol. The van der Waals surface area contributed by atoms with Crippen LogP contribution in [-0.4, -0.2) is 23.2 Å². The topological polar surface area (TPSA) is 62.5 Å². The predicted molar refractivity (Wildman–Crippen MR) is 95.3 cm³/mol. The van der Waals surface area contributed by atoms with Gasteiger partial charge in [-0.3, -0.25) is 4.79 Å². The van der Waals surface area contributed by atoms with Gasteiger partial charge in [-0.05, 0) is 37.5 Å². The van der Waals surface area contributed by atoms with Gasteiger partial charge < -0.3 is 14.8 Å². The Bertz CT molecular complexity index is 725. The van der Waals surface area contributed by atoms with Crippen molar-refractivity contribution in [2.45, 2.75) is 64.0 Å². The molecule has 2 atom stereocenters. The fourth-order valence-corrected chi connectivity index (χ4v) is 3.57. The summed E-state index contributed by atoms with van der Waals surface area (Å²) in [5.41, 5.74) is 2.52. The first-order chi connectivity index (χ1) is 11.5. The van der Waals surface area contributed by atoms with E-state index in [1.165, 1.54) is 12.8 Å². The van der Waals surface area contributed by atoms with Crippen molar-refractivity contribution in [1.29, 1.82) is 0 Å². The number of aliphatic hydroxyl groups is 1. The Kier molecular flexibility index (Phi) is 5.47. The minimum atomic E-state index is -0.451. The zero-order valence-corrected chi connectivity index (χ0v) is 14.7. The third-order valence-electron chi connectivity index (χ3n) is 4.86. The summed E-state index contributed by atoms with van der Waals surface area (Å²) in [6.07, 6.45) is 7.40. The standard InChI is InChI=1S/C19H24ClNO3/c1-12-8-18-14(10-15(12)20)13(11-24-18)9-19(23)21-16-6-4-2-3-5-7-17(16)22/h8,10-11,16-17,22H,2-7,9H2,1H3,(H,21,23)/t16-,17-/m0/s1. The van der Waals surface area contributed by atoms with Gasteiger partial charge in [-0.1, -0.05) is 37.3 Å². The Morgan fingerprint density at radius 3 is 2.83 bits per heavy atom. The lowest BCUT2D eigenvalue weighted by atomic mass is 9.94. The molecule has 0 unspecified atom stereocenters. The van der Waals surface area contributed by atoms with Crippen molar-refractivity contribution in [2.24, 2.45) is 0 Å². The van der Waals surface area contributed by atoms with Gasteiger partial charge in [-0.2, -0.15) is 0 Å². The van der Waals surface area contributed by atoms with E-state index in [1.54, 1.807) is 6.26 Å². The molecule has 0 bridgehead atoms. The molecule has 2 aromatic rings. The number of carbonyl (C=O) groups is 1. The van der Waals surface area contributed by atoms with Crippen LogP contribution in [0.5, 0.6) is 0 Å². The van der Waals surface area contributed by atoms with Gasteiger partial charge in [0.25, 0.3) is 0 Å². The Morgan fingerprint density at radius 2 is 2.04 bits per heavy atom. The first-order valence-corrected chi connectivity index (χ1v) is 9.06. The molecule has 1 fully saturated rings. The number of carbonyl (C=O) groups excluding carboxylic acids is 1. The molecule has 0 spiro atoms. The van der Waals surface area contributed by atoms with Crippen LogP contribution in [0.15, 0.2) is 22.8 Å². The lowest BCUT2D eigenvalue weighted by molar-refractivity contribution is -0.122. The Morgan fingerprint density at radius 1 is 1.29 bits per heavy atom. The fraction of sp³-hybridized carbons (Fsp3) is 0.526. The molecule has 1 heterocycles. The van der Waals surface area contributed by atoms with E-state index in [9.17, 15) is 9.90 Å². The quantitative estimate of drug-likeness (QED) is 0.875. The van der Waals surface area contributed by atoms with Gasteiger partial charge in [0.1, 0.15) is 5.58 Å². The SMILES string of the molecule is Cc1cc2occ(CC(=O)N[C@H]3CCCCCC[C@@H]3O)c2cc1Cl. The van der Waals surface area contributed by atoms with Crippen LogP contribution in [0.25, 0.3) is 11.0 Å². The van der Waals surface area contributed by atoms with Crippen LogP contribution < -0.4 is 5.32 Å². The first-order valence-electron chi connectivity index (χ1n) is 8.68. The molecule has 1 aliphatic rings. The van der Waals surface area contributed by atoms with Gasteiger partial charge in [0.2, 0.25) is 5.91 Å². The van der Waals surface area contributed by atoms with E-state index in [2.05, 4.69) is 5.32 Å². The average Bonchev–Trinajstić information content (AvgIpc) is 2.89. The van der Waals surface area contributed by atoms with Crippen LogP contribution in [0.3, 0.4) is 0 Å². The lowest BCUT2D eigenvalue weighted by Crippen LogP contribution is -2.44. The number of halogens is 1. The summed E-state index contributed by atoms with van der Waals surface area (Å²) >= 11 is 6.19. The number of aliphatic hydroxyl groups excluding tert-OH is 1. The minimum Gasteiger partial charge on any atom is -0.464 e. The van der Waals surface area contributed by atoms with Gasteiger partial charge >= 0.3 is 0 Å². The van der Waals surface area contributed by atoms with E-state index in [0.29, 0.717) is 5.02 Å². The van der Waals surface area contributed by atoms with Crippen molar-refractivity contribution >= 4 is 28.5 Å². The van der Waals surface area contributed by atoms with Gasteiger partial charge in [0.05, 0.1) is 24.8 Å². The molecule has 1 aliphatic carbocycles. The van der Waals surface area contributed by atoms with Crippen molar-refractivity contribution in [3.05, 3.63) is 34.5 Å². The van der Waals surface area contributed by atoms with Crippen molar-refractivity contribution in [3.8, 4) is 0 Å². The maximum atomic E-state index is 12.4. The second-order valence-electron chi connectivity index (χ2n) is 6.77. The van der Waals surface area contributed by atoms with Crippen LogP contribution in [0.1, 0.15) is 49.7 Å². The fourth-order valence-electron chi connectivity index (χ4n) is 3.40. The minimum absolute atomic E-state index is 0.0842. The third kappa shape index (κ3) is 3.93. The van der Waals surface area contributed by atoms with Crippen molar-refractivity contribution in [3.63, 3.8) is 0 Å². The Labute approximate surface area is 147 Å². The summed E-state index contributed by atoms with van der Waals surface area (Å²) in [6.45, 7) is 1.92. The van der Waals surface area contributed by atoms with Gasteiger partial charge in [-0.25, -0.2) is 0 Å². The Hall–Kier alpha value is -1.52. The number of benzene rings is 1. The molecule has 0 aliphatic heterocycles. The number of rotatable bonds is 3. The van der Waals surface area contributed by atoms with Crippen LogP contribution in [-0.2, 0) is 11.2 Å². The van der Waals surface area contributed by atoms with E-state index in [0.717, 1.165) is 47.8 Å². The van der Waals surface area contributed by atoms with Crippen molar-refractivity contribution in [1.82, 2.24) is 5.32 Å². The van der Waals surface area contributed by atoms with Crippen LogP contribution in [0, 0.1) is 6.92 Å². The van der Waals surface area contributed by atoms with Crippen molar-refractivity contribution < 1.29 is 14.3 Å². The Balaban J connectivity index is 1.69. The highest BCUT2D eigenvalue weighted by Crippen LogP contribution is 2.28. The summed E-state index contributed by atoms with van der Waals surface area (Å²) in [7, 11) is 0. The molecule has 1 aromatic carbocycles. The van der Waals surface area contributed by atoms with E-state index in [1.807, 2.05) is 19.1 Å². The number of hydrogen-bond acceptors (Lipinski definition) is 3. The first kappa shape index (κ1) is 17.3. The molecule has 4 nitrogen and oxygen atoms in total. The smallest absolute Gasteiger partial charge is 0.224 e. The second-order valence-corrected chi connectivity index (χ2v) is 7.18. The molecule has 1 amide bonds. The van der Waals surface area contributed by atoms with Crippen molar-refractivity contribution in [2.75, 3.05) is 0 Å². The molecule has 5 heteroatoms. The van der Waals surface area contributed by atoms with E-state index in [-0.39, 0.29) is 18.4 Å². The largest absolute Gasteiger partial charge is 0.464 e. The second kappa shape index (κ2) is 7.58. The van der Waals surface area contributed by atoms with Gasteiger partial charge in [0, 0.05) is 16.0 Å². The molecule has 0 radical (unpaired) electrons. The molecule has 130 valence electrons. The average molecular weight is 350 g/mol. The maximum Gasteiger partial charge on any atom is 0.224 e. The summed E-state index contributed by atoms with van der Waals surface area (Å²) in [4.78, 5) is 12.4. The number of fused-ring (bicyclic) bond motifs is 1. The van der Waals surface area contributed by atoms with Crippen LogP contribution in [0.4, 0.5) is 0 Å². The molecular formula is C19H24ClNO3. The summed E-state index contributed by atoms with van der Waals surface area (Å²) in [5.74, 6) is -0.0842. The lowest BCUT2D eigenvalue weighted by Gasteiger charge is -2.26. The predicted octanol–water partition coefficient (Wildman–Crippen LogP) is 4.14. The number of aryl methyl sites for hydroxylation is 1. The van der Waals surface area contributed by atoms with Crippen LogP contribution in [0.2, 0.25) is 5.02 Å². The molecule has 24 heavy (non-hydrogen) atoms. The molecular weight excluding hydrogens is 326 g/mol. The molecule has 3 rings (SSSR count). The van der Waals surface area contributed by atoms with Crippen LogP contribution >= 0.6 is 11.6 Å². The highest BCUT2D eigenvalue weighted by atomic mass is 35.5. The molecule has 1 saturated carbocycles. The highest BCUT2D eigenvalue weighted by molar-refractivity contribution is 6.32. The molecule has 0 saturated heterocycles. The van der Waals surface area contributed by atoms with Gasteiger partial charge in [0.15, 0.2) is 0 Å². The zero-order chi connectivity index (χ0) is 17.1. The van der Waals surface area contributed by atoms with E-state index >= 15 is 0 Å². The van der Waals surface area contributed by atoms with E-state index in [4.69, 9.17) is 16.0 Å². The number of nitrogens with one attached hydrogen (secondary N) is 1. The molecule has 1 aromatic heterocycles. The number of hydrogen-bond donors (Lipinski definition) is 2. The zero-order valence-electron chi connectivity index (χ0n) is 14.0. The van der Waals surface area contributed by atoms with E-state index < -0.39 is 6.10 Å². The summed E-state index contributed by atoms with van der Waals surface area (Å²) in [5, 5.41) is 14.8. The maximum absolute atomic E-state index is 12.4. The third-order valence-corrected chi connectivity index (χ3v) is 5.27. The highest BCUT2D eigenvalue weighted by Gasteiger charge is 2.23. The number of furan rings is 1. The summed E-state index contributed by atoms with van der Waals surface area (Å²) < 4.78 is 5.55. The normalized spacial score (nSPS) is 22.1. The van der Waals surface area contributed by atoms with Gasteiger partial charge in [-0.15, -0.1) is 0 Å². The number of amides is 1.